The van der Waals surface area contributed by atoms with Crippen LogP contribution in [0.2, 0.25) is 0 Å². The van der Waals surface area contributed by atoms with Crippen LogP contribution in [0.25, 0.3) is 0 Å². The normalized spacial score (nSPS) is 10.2. The van der Waals surface area contributed by atoms with Gasteiger partial charge in [-0.05, 0) is 37.6 Å². The quantitative estimate of drug-likeness (QED) is 0.388. The third-order valence-corrected chi connectivity index (χ3v) is 2.81. The average molecular weight is 286 g/mol. The molecule has 0 unspecified atom stereocenters. The first-order chi connectivity index (χ1) is 9.88. The van der Waals surface area contributed by atoms with Gasteiger partial charge in [0.05, 0.1) is 10.5 Å². The van der Waals surface area contributed by atoms with E-state index in [1.54, 1.807) is 38.1 Å². The molecule has 0 atom stereocenters. The zero-order chi connectivity index (χ0) is 15.6. The minimum Gasteiger partial charge on any atom is -0.431 e. The number of ether oxygens (including phenoxy) is 1. The number of rotatable bonds is 4. The number of nitrogens with two attached hydrogens (primary N) is 1. The predicted molar refractivity (Wildman–Crippen MR) is 77.9 cm³/mol. The number of nitrogens with zero attached hydrogens (tertiary/aromatic N) is 2. The van der Waals surface area contributed by atoms with Crippen molar-refractivity contribution < 1.29 is 9.66 Å². The van der Waals surface area contributed by atoms with E-state index >= 15 is 0 Å². The molecule has 1 heterocycles. The number of nitrogen functional groups attached to an aromatic ring is 1. The lowest BCUT2D eigenvalue weighted by atomic mass is 10.2. The summed E-state index contributed by atoms with van der Waals surface area (Å²) in [5.41, 5.74) is 7.07. The summed E-state index contributed by atoms with van der Waals surface area (Å²) in [7, 11) is 0. The maximum absolute atomic E-state index is 11.0. The predicted octanol–water partition coefficient (Wildman–Crippen LogP) is 2.68. The molecule has 0 bridgehead atoms. The van der Waals surface area contributed by atoms with Crippen LogP contribution < -0.4 is 10.5 Å². The Morgan fingerprint density at radius 3 is 2.67 bits per heavy atom. The summed E-state index contributed by atoms with van der Waals surface area (Å²) in [6, 6.07) is 7.83. The fourth-order valence-electron chi connectivity index (χ4n) is 1.77. The van der Waals surface area contributed by atoms with Crippen molar-refractivity contribution in [1.29, 1.82) is 5.41 Å². The van der Waals surface area contributed by atoms with Crippen molar-refractivity contribution in [2.75, 3.05) is 0 Å². The van der Waals surface area contributed by atoms with E-state index in [1.165, 1.54) is 6.07 Å². The molecule has 0 aliphatic carbocycles. The minimum atomic E-state index is -0.530. The summed E-state index contributed by atoms with van der Waals surface area (Å²) in [5.74, 6) is -0.0652. The molecule has 1 aromatic heterocycles. The number of nitro benzene ring substituents is 1. The first-order valence-corrected chi connectivity index (χ1v) is 6.13. The number of aromatic nitrogens is 1. The van der Waals surface area contributed by atoms with Crippen molar-refractivity contribution in [2.45, 2.75) is 13.8 Å². The molecule has 0 saturated carbocycles. The Hall–Kier alpha value is -2.96. The second kappa shape index (κ2) is 5.58. The lowest BCUT2D eigenvalue weighted by Crippen LogP contribution is -2.13. The molecule has 7 heteroatoms. The zero-order valence-corrected chi connectivity index (χ0v) is 11.6. The molecule has 0 saturated heterocycles. The van der Waals surface area contributed by atoms with Crippen molar-refractivity contribution in [3.05, 3.63) is 57.3 Å². The van der Waals surface area contributed by atoms with Gasteiger partial charge in [-0.3, -0.25) is 15.5 Å². The summed E-state index contributed by atoms with van der Waals surface area (Å²) in [4.78, 5) is 14.7. The minimum absolute atomic E-state index is 0.0700. The summed E-state index contributed by atoms with van der Waals surface area (Å²) in [6.07, 6.45) is 0. The SMILES string of the molecule is Cc1ccc([N+](=O)[O-])c(Oc2nc(C)ccc2C(=N)N)c1. The zero-order valence-electron chi connectivity index (χ0n) is 11.6. The fraction of sp³-hybridized carbons (Fsp3) is 0.143. The van der Waals surface area contributed by atoms with Gasteiger partial charge in [0.1, 0.15) is 5.84 Å². The molecule has 2 rings (SSSR count). The number of hydrogen-bond acceptors (Lipinski definition) is 5. The van der Waals surface area contributed by atoms with Crippen LogP contribution >= 0.6 is 0 Å². The van der Waals surface area contributed by atoms with Crippen LogP contribution in [0.5, 0.6) is 11.6 Å². The molecule has 21 heavy (non-hydrogen) atoms. The lowest BCUT2D eigenvalue weighted by Gasteiger charge is -2.10. The molecule has 0 spiro atoms. The van der Waals surface area contributed by atoms with Crippen LogP contribution in [0.15, 0.2) is 30.3 Å². The molecular weight excluding hydrogens is 272 g/mol. The van der Waals surface area contributed by atoms with Gasteiger partial charge in [0.15, 0.2) is 0 Å². The molecule has 0 aliphatic rings. The summed E-state index contributed by atoms with van der Waals surface area (Å²) < 4.78 is 5.55. The Labute approximate surface area is 121 Å². The monoisotopic (exact) mass is 286 g/mol. The number of benzene rings is 1. The Balaban J connectivity index is 2.52. The van der Waals surface area contributed by atoms with E-state index in [9.17, 15) is 10.1 Å². The number of aryl methyl sites for hydroxylation is 2. The van der Waals surface area contributed by atoms with Crippen molar-refractivity contribution in [3.63, 3.8) is 0 Å². The Morgan fingerprint density at radius 1 is 1.33 bits per heavy atom. The Morgan fingerprint density at radius 2 is 2.05 bits per heavy atom. The van der Waals surface area contributed by atoms with Crippen LogP contribution in [0.3, 0.4) is 0 Å². The number of hydrogen-bond donors (Lipinski definition) is 2. The average Bonchev–Trinajstić information content (AvgIpc) is 2.38. The van der Waals surface area contributed by atoms with E-state index in [0.29, 0.717) is 5.69 Å². The van der Waals surface area contributed by atoms with Crippen LogP contribution in [0.4, 0.5) is 5.69 Å². The fourth-order valence-corrected chi connectivity index (χ4v) is 1.77. The van der Waals surface area contributed by atoms with Crippen LogP contribution in [0.1, 0.15) is 16.8 Å². The van der Waals surface area contributed by atoms with Gasteiger partial charge in [0.2, 0.25) is 11.6 Å². The molecule has 2 aromatic rings. The van der Waals surface area contributed by atoms with E-state index in [-0.39, 0.29) is 28.7 Å². The second-order valence-corrected chi connectivity index (χ2v) is 4.55. The van der Waals surface area contributed by atoms with Gasteiger partial charge in [-0.15, -0.1) is 0 Å². The highest BCUT2D eigenvalue weighted by Crippen LogP contribution is 2.32. The van der Waals surface area contributed by atoms with Gasteiger partial charge in [0, 0.05) is 11.8 Å². The van der Waals surface area contributed by atoms with Crippen molar-refractivity contribution in [3.8, 4) is 11.6 Å². The number of pyridine rings is 1. The molecule has 0 radical (unpaired) electrons. The topological polar surface area (TPSA) is 115 Å². The molecule has 3 N–H and O–H groups in total. The van der Waals surface area contributed by atoms with Crippen molar-refractivity contribution in [2.24, 2.45) is 5.73 Å². The summed E-state index contributed by atoms with van der Waals surface area (Å²) in [5, 5.41) is 18.6. The van der Waals surface area contributed by atoms with E-state index in [2.05, 4.69) is 4.98 Å². The van der Waals surface area contributed by atoms with Gasteiger partial charge in [-0.2, -0.15) is 0 Å². The highest BCUT2D eigenvalue weighted by molar-refractivity contribution is 5.97. The van der Waals surface area contributed by atoms with Crippen LogP contribution in [-0.2, 0) is 0 Å². The number of nitrogens with one attached hydrogen (secondary N) is 1. The number of amidine groups is 1. The molecule has 0 amide bonds. The van der Waals surface area contributed by atoms with Gasteiger partial charge >= 0.3 is 5.69 Å². The molecule has 1 aromatic carbocycles. The maximum atomic E-state index is 11.0. The molecule has 0 fully saturated rings. The van der Waals surface area contributed by atoms with Gasteiger partial charge in [0.25, 0.3) is 0 Å². The van der Waals surface area contributed by atoms with Crippen LogP contribution in [-0.4, -0.2) is 15.7 Å². The number of nitro groups is 1. The lowest BCUT2D eigenvalue weighted by molar-refractivity contribution is -0.385. The largest absolute Gasteiger partial charge is 0.431 e. The van der Waals surface area contributed by atoms with Crippen LogP contribution in [0, 0.1) is 29.4 Å². The highest BCUT2D eigenvalue weighted by atomic mass is 16.6. The second-order valence-electron chi connectivity index (χ2n) is 4.55. The van der Waals surface area contributed by atoms with Crippen molar-refractivity contribution >= 4 is 11.5 Å². The Kier molecular flexibility index (Phi) is 3.84. The van der Waals surface area contributed by atoms with Crippen molar-refractivity contribution in [1.82, 2.24) is 4.98 Å². The first kappa shape index (κ1) is 14.4. The third-order valence-electron chi connectivity index (χ3n) is 2.81. The summed E-state index contributed by atoms with van der Waals surface area (Å²) in [6.45, 7) is 3.55. The highest BCUT2D eigenvalue weighted by Gasteiger charge is 2.18. The maximum Gasteiger partial charge on any atom is 0.311 e. The van der Waals surface area contributed by atoms with E-state index in [0.717, 1.165) is 5.56 Å². The van der Waals surface area contributed by atoms with E-state index < -0.39 is 4.92 Å². The smallest absolute Gasteiger partial charge is 0.311 e. The molecule has 0 aliphatic heterocycles. The molecule has 108 valence electrons. The summed E-state index contributed by atoms with van der Waals surface area (Å²) >= 11 is 0. The van der Waals surface area contributed by atoms with E-state index in [4.69, 9.17) is 15.9 Å². The van der Waals surface area contributed by atoms with E-state index in [1.807, 2.05) is 0 Å². The Bertz CT molecular complexity index is 667. The van der Waals surface area contributed by atoms with Gasteiger partial charge in [-0.25, -0.2) is 4.98 Å². The molecular formula is C14H14N4O3. The third kappa shape index (κ3) is 3.14. The van der Waals surface area contributed by atoms with Gasteiger partial charge in [-0.1, -0.05) is 6.07 Å². The molecule has 7 nitrogen and oxygen atoms in total. The van der Waals surface area contributed by atoms with Gasteiger partial charge < -0.3 is 10.5 Å². The first-order valence-electron chi connectivity index (χ1n) is 6.13. The standard InChI is InChI=1S/C14H14N4O3/c1-8-3-6-11(18(19)20)12(7-8)21-14-10(13(15)16)5-4-9(2)17-14/h3-7H,1-2H3,(H3,15,16).